The van der Waals surface area contributed by atoms with Gasteiger partial charge in [0.15, 0.2) is 5.82 Å². The van der Waals surface area contributed by atoms with Crippen molar-refractivity contribution in [1.82, 2.24) is 15.0 Å². The highest BCUT2D eigenvalue weighted by Gasteiger charge is 2.34. The lowest BCUT2D eigenvalue weighted by atomic mass is 9.93. The quantitative estimate of drug-likeness (QED) is 0.629. The van der Waals surface area contributed by atoms with Crippen molar-refractivity contribution in [1.29, 1.82) is 5.26 Å². The van der Waals surface area contributed by atoms with E-state index in [1.807, 2.05) is 6.20 Å². The highest BCUT2D eigenvalue weighted by Crippen LogP contribution is 2.37. The van der Waals surface area contributed by atoms with E-state index in [1.165, 1.54) is 41.3 Å². The predicted octanol–water partition coefficient (Wildman–Crippen LogP) is 4.17. The van der Waals surface area contributed by atoms with Crippen molar-refractivity contribution in [2.24, 2.45) is 5.92 Å². The van der Waals surface area contributed by atoms with Crippen LogP contribution in [0.15, 0.2) is 30.6 Å². The normalized spacial score (nSPS) is 19.1. The Morgan fingerprint density at radius 3 is 2.50 bits per heavy atom. The number of aromatic nitrogens is 3. The first-order valence-electron chi connectivity index (χ1n) is 11.8. The van der Waals surface area contributed by atoms with Crippen LogP contribution in [0.2, 0.25) is 0 Å². The van der Waals surface area contributed by atoms with Gasteiger partial charge in [-0.1, -0.05) is 0 Å². The Labute approximate surface area is 188 Å². The fourth-order valence-electron chi connectivity index (χ4n) is 5.54. The lowest BCUT2D eigenvalue weighted by molar-refractivity contribution is 0.473. The Kier molecular flexibility index (Phi) is 4.71. The molecule has 6 rings (SSSR count). The van der Waals surface area contributed by atoms with E-state index in [9.17, 15) is 5.26 Å². The number of nitrogens with zero attached hydrogens (tertiary/aromatic N) is 6. The molecule has 0 unspecified atom stereocenters. The number of fused-ring (bicyclic) bond motifs is 2. The van der Waals surface area contributed by atoms with Gasteiger partial charge in [0.25, 0.3) is 0 Å². The van der Waals surface area contributed by atoms with Crippen molar-refractivity contribution in [3.05, 3.63) is 53.0 Å². The van der Waals surface area contributed by atoms with E-state index < -0.39 is 0 Å². The highest BCUT2D eigenvalue weighted by molar-refractivity contribution is 5.86. The van der Waals surface area contributed by atoms with E-state index in [1.54, 1.807) is 6.20 Å². The number of pyridine rings is 1. The molecule has 0 N–H and O–H groups in total. The minimum absolute atomic E-state index is 0.175. The minimum atomic E-state index is 0.175. The molecule has 6 nitrogen and oxygen atoms in total. The summed E-state index contributed by atoms with van der Waals surface area (Å²) in [6, 6.07) is 9.34. The molecule has 0 saturated carbocycles. The minimum Gasteiger partial charge on any atom is -0.355 e. The maximum absolute atomic E-state index is 9.20. The van der Waals surface area contributed by atoms with Gasteiger partial charge >= 0.3 is 0 Å². The maximum atomic E-state index is 9.20. The van der Waals surface area contributed by atoms with Crippen LogP contribution in [-0.4, -0.2) is 41.1 Å². The topological polar surface area (TPSA) is 68.9 Å². The third-order valence-electron chi connectivity index (χ3n) is 7.49. The van der Waals surface area contributed by atoms with Crippen LogP contribution >= 0.6 is 0 Å². The van der Waals surface area contributed by atoms with Gasteiger partial charge in [0.1, 0.15) is 5.82 Å². The lowest BCUT2D eigenvalue weighted by Gasteiger charge is -2.41. The number of rotatable bonds is 3. The highest BCUT2D eigenvalue weighted by atomic mass is 15.3. The van der Waals surface area contributed by atoms with Crippen molar-refractivity contribution in [2.45, 2.75) is 44.9 Å². The summed E-state index contributed by atoms with van der Waals surface area (Å²) in [5.74, 6) is 2.62. The molecule has 0 radical (unpaired) electrons. The van der Waals surface area contributed by atoms with Gasteiger partial charge in [-0.3, -0.25) is 4.98 Å². The van der Waals surface area contributed by atoms with Crippen LogP contribution in [0, 0.1) is 24.2 Å². The first kappa shape index (κ1) is 19.5. The number of benzene rings is 1. The molecule has 1 aromatic carbocycles. The smallest absolute Gasteiger partial charge is 0.150 e. The molecule has 1 aliphatic carbocycles. The predicted molar refractivity (Wildman–Crippen MR) is 126 cm³/mol. The van der Waals surface area contributed by atoms with Crippen molar-refractivity contribution in [3.63, 3.8) is 0 Å². The Bertz CT molecular complexity index is 1210. The second-order valence-corrected chi connectivity index (χ2v) is 9.55. The first-order valence-corrected chi connectivity index (χ1v) is 11.8. The molecule has 0 amide bonds. The number of hydrogen-bond donors (Lipinski definition) is 0. The Balaban J connectivity index is 1.22. The van der Waals surface area contributed by atoms with Crippen LogP contribution in [0.3, 0.4) is 0 Å². The molecule has 3 aromatic rings. The molecule has 0 spiro atoms. The van der Waals surface area contributed by atoms with Crippen LogP contribution in [0.25, 0.3) is 10.9 Å². The third-order valence-corrected chi connectivity index (χ3v) is 7.49. The maximum Gasteiger partial charge on any atom is 0.150 e. The van der Waals surface area contributed by atoms with Crippen molar-refractivity contribution in [3.8, 4) is 6.07 Å². The number of piperidine rings is 1. The van der Waals surface area contributed by atoms with Crippen molar-refractivity contribution >= 4 is 22.5 Å². The summed E-state index contributed by atoms with van der Waals surface area (Å²) in [6.07, 6.45) is 9.07. The SMILES string of the molecule is Cc1cc(N2CC(c3nccnc3N3CCC(C#N)CC3)C2)nc2cc3c(cc12)CCC3. The van der Waals surface area contributed by atoms with Crippen molar-refractivity contribution in [2.75, 3.05) is 36.0 Å². The molecule has 2 fully saturated rings. The van der Waals surface area contributed by atoms with Gasteiger partial charge in [-0.2, -0.15) is 5.26 Å². The molecule has 6 heteroatoms. The monoisotopic (exact) mass is 424 g/mol. The van der Waals surface area contributed by atoms with Gasteiger partial charge in [0.2, 0.25) is 0 Å². The van der Waals surface area contributed by atoms with E-state index in [-0.39, 0.29) is 5.92 Å². The second kappa shape index (κ2) is 7.74. The average Bonchev–Trinajstić information content (AvgIpc) is 3.25. The van der Waals surface area contributed by atoms with E-state index in [2.05, 4.69) is 46.0 Å². The zero-order chi connectivity index (χ0) is 21.7. The second-order valence-electron chi connectivity index (χ2n) is 9.55. The summed E-state index contributed by atoms with van der Waals surface area (Å²) in [5, 5.41) is 10.5. The van der Waals surface area contributed by atoms with Gasteiger partial charge < -0.3 is 9.80 Å². The van der Waals surface area contributed by atoms with Gasteiger partial charge in [-0.15, -0.1) is 0 Å². The summed E-state index contributed by atoms with van der Waals surface area (Å²) in [7, 11) is 0. The Hall–Kier alpha value is -3.20. The summed E-state index contributed by atoms with van der Waals surface area (Å²) in [6.45, 7) is 5.82. The lowest BCUT2D eigenvalue weighted by Crippen LogP contribution is -2.47. The van der Waals surface area contributed by atoms with Gasteiger partial charge in [0.05, 0.1) is 17.3 Å². The summed E-state index contributed by atoms with van der Waals surface area (Å²) >= 11 is 0. The van der Waals surface area contributed by atoms with E-state index in [4.69, 9.17) is 9.97 Å². The number of aryl methyl sites for hydroxylation is 3. The summed E-state index contributed by atoms with van der Waals surface area (Å²) in [5.41, 5.74) is 6.52. The zero-order valence-electron chi connectivity index (χ0n) is 18.6. The van der Waals surface area contributed by atoms with Gasteiger partial charge in [-0.05, 0) is 73.9 Å². The molecular weight excluding hydrogens is 396 g/mol. The summed E-state index contributed by atoms with van der Waals surface area (Å²) < 4.78 is 0. The van der Waals surface area contributed by atoms with Crippen LogP contribution in [0.5, 0.6) is 0 Å². The molecule has 3 aliphatic rings. The average molecular weight is 425 g/mol. The Morgan fingerprint density at radius 2 is 1.72 bits per heavy atom. The van der Waals surface area contributed by atoms with Crippen LogP contribution in [0.1, 0.15) is 47.6 Å². The zero-order valence-corrected chi connectivity index (χ0v) is 18.6. The van der Waals surface area contributed by atoms with Crippen LogP contribution in [-0.2, 0) is 12.8 Å². The van der Waals surface area contributed by atoms with Gasteiger partial charge in [-0.25, -0.2) is 9.97 Å². The van der Waals surface area contributed by atoms with E-state index >= 15 is 0 Å². The molecule has 4 heterocycles. The standard InChI is InChI=1S/C26H28N6/c1-17-11-24(30-23-13-20-4-2-3-19(20)12-22(17)23)32-15-21(16-32)25-26(29-8-7-28-25)31-9-5-18(14-27)6-10-31/h7-8,11-13,18,21H,2-6,9-10,15-16H2,1H3. The number of anilines is 2. The van der Waals surface area contributed by atoms with E-state index in [0.717, 1.165) is 61.9 Å². The molecule has 2 saturated heterocycles. The van der Waals surface area contributed by atoms with Crippen LogP contribution < -0.4 is 9.80 Å². The molecule has 0 atom stereocenters. The number of hydrogen-bond acceptors (Lipinski definition) is 6. The largest absolute Gasteiger partial charge is 0.355 e. The Morgan fingerprint density at radius 1 is 0.969 bits per heavy atom. The molecule has 2 aromatic heterocycles. The molecule has 162 valence electrons. The molecule has 32 heavy (non-hydrogen) atoms. The third kappa shape index (κ3) is 3.28. The summed E-state index contributed by atoms with van der Waals surface area (Å²) in [4.78, 5) is 19.1. The van der Waals surface area contributed by atoms with Crippen molar-refractivity contribution < 1.29 is 0 Å². The van der Waals surface area contributed by atoms with Gasteiger partial charge in [0, 0.05) is 55.8 Å². The first-order chi connectivity index (χ1) is 15.7. The molecule has 0 bridgehead atoms. The fraction of sp³-hybridized carbons (Fsp3) is 0.462. The fourth-order valence-corrected chi connectivity index (χ4v) is 5.54. The number of nitriles is 1. The van der Waals surface area contributed by atoms with E-state index in [0.29, 0.717) is 5.92 Å². The molecular formula is C26H28N6. The molecule has 2 aliphatic heterocycles. The van der Waals surface area contributed by atoms with Crippen LogP contribution in [0.4, 0.5) is 11.6 Å².